The Morgan fingerprint density at radius 3 is 2.74 bits per heavy atom. The smallest absolute Gasteiger partial charge is 0.222 e. The van der Waals surface area contributed by atoms with Gasteiger partial charge in [-0.25, -0.2) is 0 Å². The predicted octanol–water partition coefficient (Wildman–Crippen LogP) is 2.75. The van der Waals surface area contributed by atoms with E-state index in [2.05, 4.69) is 5.16 Å². The van der Waals surface area contributed by atoms with E-state index in [9.17, 15) is 0 Å². The quantitative estimate of drug-likeness (QED) is 0.899. The molecule has 1 atom stereocenters. The van der Waals surface area contributed by atoms with Crippen LogP contribution in [0, 0.1) is 0 Å². The Balaban J connectivity index is 1.99. The summed E-state index contributed by atoms with van der Waals surface area (Å²) in [6.45, 7) is 4.34. The van der Waals surface area contributed by atoms with Crippen LogP contribution >= 0.6 is 0 Å². The van der Waals surface area contributed by atoms with E-state index >= 15 is 0 Å². The highest BCUT2D eigenvalue weighted by Crippen LogP contribution is 2.37. The Hall–Kier alpha value is -1.85. The molecule has 1 aromatic carbocycles. The van der Waals surface area contributed by atoms with Crippen LogP contribution in [0.5, 0.6) is 0 Å². The zero-order valence-corrected chi connectivity index (χ0v) is 10.9. The Morgan fingerprint density at radius 1 is 1.32 bits per heavy atom. The predicted molar refractivity (Wildman–Crippen MR) is 70.2 cm³/mol. The van der Waals surface area contributed by atoms with Crippen molar-refractivity contribution in [1.82, 2.24) is 5.16 Å². The van der Waals surface area contributed by atoms with E-state index in [0.29, 0.717) is 18.2 Å². The van der Waals surface area contributed by atoms with Gasteiger partial charge in [0.15, 0.2) is 5.79 Å². The van der Waals surface area contributed by atoms with Crippen molar-refractivity contribution in [3.63, 3.8) is 0 Å². The van der Waals surface area contributed by atoms with Crippen LogP contribution in [-0.2, 0) is 9.47 Å². The van der Waals surface area contributed by atoms with Gasteiger partial charge in [-0.05, 0) is 19.4 Å². The molecule has 19 heavy (non-hydrogen) atoms. The minimum Gasteiger partial charge on any atom is -0.368 e. The number of nitrogens with two attached hydrogens (primary N) is 1. The number of benzene rings is 1. The molecule has 1 aromatic heterocycles. The molecule has 3 rings (SSSR count). The maximum absolute atomic E-state index is 5.89. The van der Waals surface area contributed by atoms with Crippen LogP contribution in [0.1, 0.15) is 25.5 Å². The van der Waals surface area contributed by atoms with Gasteiger partial charge >= 0.3 is 0 Å². The molecule has 0 amide bonds. The highest BCUT2D eigenvalue weighted by atomic mass is 16.7. The third kappa shape index (κ3) is 2.34. The van der Waals surface area contributed by atoms with Crippen molar-refractivity contribution in [2.45, 2.75) is 25.7 Å². The lowest BCUT2D eigenvalue weighted by molar-refractivity contribution is -0.139. The fourth-order valence-electron chi connectivity index (χ4n) is 2.27. The average molecular weight is 260 g/mol. The van der Waals surface area contributed by atoms with Crippen LogP contribution in [0.4, 0.5) is 5.88 Å². The van der Waals surface area contributed by atoms with E-state index in [1.807, 2.05) is 38.1 Å². The zero-order valence-electron chi connectivity index (χ0n) is 10.9. The van der Waals surface area contributed by atoms with E-state index in [1.165, 1.54) is 0 Å². The molecule has 0 radical (unpaired) electrons. The molecule has 0 bridgehead atoms. The van der Waals surface area contributed by atoms with Crippen LogP contribution in [0.3, 0.4) is 0 Å². The van der Waals surface area contributed by atoms with Crippen molar-refractivity contribution in [3.05, 3.63) is 35.9 Å². The first-order valence-corrected chi connectivity index (χ1v) is 6.18. The van der Waals surface area contributed by atoms with Gasteiger partial charge in [0.2, 0.25) is 5.88 Å². The number of ether oxygens (including phenoxy) is 2. The van der Waals surface area contributed by atoms with Crippen LogP contribution in [0.15, 0.2) is 34.9 Å². The normalized spacial score (nSPS) is 21.7. The van der Waals surface area contributed by atoms with E-state index in [0.717, 1.165) is 11.1 Å². The number of anilines is 1. The molecule has 0 saturated carbocycles. The fraction of sp³-hybridized carbons (Fsp3) is 0.357. The highest BCUT2D eigenvalue weighted by molar-refractivity contribution is 5.65. The molecule has 1 aliphatic rings. The van der Waals surface area contributed by atoms with E-state index in [-0.39, 0.29) is 6.10 Å². The third-order valence-corrected chi connectivity index (χ3v) is 3.12. The molecule has 1 aliphatic heterocycles. The maximum Gasteiger partial charge on any atom is 0.222 e. The SMILES string of the molecule is CC1(C)OCC(c2ccccc2-c2cc(N)on2)O1. The molecule has 0 spiro atoms. The van der Waals surface area contributed by atoms with Gasteiger partial charge in [0.05, 0.1) is 6.61 Å². The summed E-state index contributed by atoms with van der Waals surface area (Å²) in [5.74, 6) is -0.255. The largest absolute Gasteiger partial charge is 0.368 e. The third-order valence-electron chi connectivity index (χ3n) is 3.12. The zero-order chi connectivity index (χ0) is 13.5. The fourth-order valence-corrected chi connectivity index (χ4v) is 2.27. The number of rotatable bonds is 2. The first-order chi connectivity index (χ1) is 9.05. The summed E-state index contributed by atoms with van der Waals surface area (Å²) in [7, 11) is 0. The first kappa shape index (κ1) is 12.2. The van der Waals surface area contributed by atoms with Crippen molar-refractivity contribution < 1.29 is 14.0 Å². The van der Waals surface area contributed by atoms with Gasteiger partial charge in [-0.2, -0.15) is 0 Å². The topological polar surface area (TPSA) is 70.5 Å². The molecular formula is C14H16N2O3. The molecule has 2 aromatic rings. The van der Waals surface area contributed by atoms with Gasteiger partial charge in [-0.3, -0.25) is 0 Å². The van der Waals surface area contributed by atoms with Gasteiger partial charge in [-0.15, -0.1) is 0 Å². The van der Waals surface area contributed by atoms with Crippen LogP contribution in [0.2, 0.25) is 0 Å². The summed E-state index contributed by atoms with van der Waals surface area (Å²) >= 11 is 0. The molecule has 2 N–H and O–H groups in total. The highest BCUT2D eigenvalue weighted by Gasteiger charge is 2.34. The molecular weight excluding hydrogens is 244 g/mol. The second kappa shape index (κ2) is 4.36. The second-order valence-electron chi connectivity index (χ2n) is 5.02. The standard InChI is InChI=1S/C14H16N2O3/c1-14(2)17-8-12(18-14)10-6-4-3-5-9(10)11-7-13(15)19-16-11/h3-7,12H,8,15H2,1-2H3. The van der Waals surface area contributed by atoms with Crippen LogP contribution < -0.4 is 5.73 Å². The molecule has 5 nitrogen and oxygen atoms in total. The average Bonchev–Trinajstić information content (AvgIpc) is 2.95. The lowest BCUT2D eigenvalue weighted by atomic mass is 10.0. The summed E-state index contributed by atoms with van der Waals surface area (Å²) in [5.41, 5.74) is 8.27. The molecule has 1 fully saturated rings. The van der Waals surface area contributed by atoms with Crippen LogP contribution in [-0.4, -0.2) is 17.6 Å². The monoisotopic (exact) mass is 260 g/mol. The molecule has 1 saturated heterocycles. The number of aromatic nitrogens is 1. The van der Waals surface area contributed by atoms with Crippen molar-refractivity contribution >= 4 is 5.88 Å². The van der Waals surface area contributed by atoms with Crippen molar-refractivity contribution in [2.24, 2.45) is 0 Å². The van der Waals surface area contributed by atoms with Gasteiger partial charge in [0.25, 0.3) is 0 Å². The summed E-state index contributed by atoms with van der Waals surface area (Å²) in [6, 6.07) is 9.61. The first-order valence-electron chi connectivity index (χ1n) is 6.18. The minimum atomic E-state index is -0.555. The number of hydrogen-bond acceptors (Lipinski definition) is 5. The molecule has 5 heteroatoms. The lowest BCUT2D eigenvalue weighted by Crippen LogP contribution is -2.19. The summed E-state index contributed by atoms with van der Waals surface area (Å²) in [5, 5.41) is 3.96. The number of hydrogen-bond donors (Lipinski definition) is 1. The second-order valence-corrected chi connectivity index (χ2v) is 5.02. The van der Waals surface area contributed by atoms with E-state index < -0.39 is 5.79 Å². The molecule has 0 aliphatic carbocycles. The van der Waals surface area contributed by atoms with Crippen LogP contribution in [0.25, 0.3) is 11.3 Å². The summed E-state index contributed by atoms with van der Waals surface area (Å²) in [4.78, 5) is 0. The molecule has 2 heterocycles. The minimum absolute atomic E-state index is 0.107. The van der Waals surface area contributed by atoms with Gasteiger partial charge in [0, 0.05) is 11.6 Å². The lowest BCUT2D eigenvalue weighted by Gasteiger charge is -2.18. The van der Waals surface area contributed by atoms with Crippen molar-refractivity contribution in [3.8, 4) is 11.3 Å². The Kier molecular flexibility index (Phi) is 2.80. The van der Waals surface area contributed by atoms with E-state index in [1.54, 1.807) is 6.07 Å². The maximum atomic E-state index is 5.89. The summed E-state index contributed by atoms with van der Waals surface area (Å²) in [6.07, 6.45) is -0.107. The Bertz CT molecular complexity index is 592. The number of nitrogens with zero attached hydrogens (tertiary/aromatic N) is 1. The molecule has 100 valence electrons. The van der Waals surface area contributed by atoms with Crippen molar-refractivity contribution in [1.29, 1.82) is 0 Å². The van der Waals surface area contributed by atoms with Gasteiger partial charge in [0.1, 0.15) is 11.8 Å². The van der Waals surface area contributed by atoms with Gasteiger partial charge in [-0.1, -0.05) is 29.4 Å². The molecule has 1 unspecified atom stereocenters. The number of nitrogen functional groups attached to an aromatic ring is 1. The Labute approximate surface area is 111 Å². The van der Waals surface area contributed by atoms with Crippen molar-refractivity contribution in [2.75, 3.05) is 12.3 Å². The summed E-state index contributed by atoms with van der Waals surface area (Å²) < 4.78 is 16.4. The van der Waals surface area contributed by atoms with Gasteiger partial charge < -0.3 is 19.7 Å². The van der Waals surface area contributed by atoms with E-state index in [4.69, 9.17) is 19.7 Å². The Morgan fingerprint density at radius 2 is 2.11 bits per heavy atom.